The highest BCUT2D eigenvalue weighted by atomic mass is 16.6. The summed E-state index contributed by atoms with van der Waals surface area (Å²) in [4.78, 5) is 51.5. The molecule has 11 nitrogen and oxygen atoms in total. The van der Waals surface area contributed by atoms with Crippen LogP contribution < -0.4 is 16.0 Å². The van der Waals surface area contributed by atoms with Crippen molar-refractivity contribution in [2.45, 2.75) is 118 Å². The molecule has 1 aromatic rings. The first kappa shape index (κ1) is 36.7. The van der Waals surface area contributed by atoms with Gasteiger partial charge in [-0.05, 0) is 72.8 Å². The van der Waals surface area contributed by atoms with Crippen molar-refractivity contribution < 1.29 is 38.1 Å². The summed E-state index contributed by atoms with van der Waals surface area (Å²) in [6, 6.07) is 8.22. The summed E-state index contributed by atoms with van der Waals surface area (Å²) in [6.07, 6.45) is -2.53. The monoisotopic (exact) mass is 593 g/mol. The molecular weight excluding hydrogens is 542 g/mol. The second kappa shape index (κ2) is 15.2. The predicted octanol–water partition coefficient (Wildman–Crippen LogP) is 4.86. The minimum atomic E-state index is -1.51. The molecule has 0 aliphatic carbocycles. The maximum absolute atomic E-state index is 13.7. The number of amides is 3. The molecule has 0 saturated heterocycles. The molecule has 0 saturated carbocycles. The lowest BCUT2D eigenvalue weighted by Gasteiger charge is -2.35. The molecule has 42 heavy (non-hydrogen) atoms. The van der Waals surface area contributed by atoms with Crippen molar-refractivity contribution in [2.75, 3.05) is 13.2 Å². The average molecular weight is 594 g/mol. The molecule has 0 aliphatic heterocycles. The minimum absolute atomic E-state index is 0.118. The Hall–Kier alpha value is -3.34. The molecule has 0 radical (unpaired) electrons. The Morgan fingerprint density at radius 2 is 1.33 bits per heavy atom. The van der Waals surface area contributed by atoms with E-state index in [2.05, 4.69) is 16.0 Å². The molecule has 0 aliphatic rings. The fourth-order valence-corrected chi connectivity index (χ4v) is 4.28. The highest BCUT2D eigenvalue weighted by Gasteiger charge is 2.38. The van der Waals surface area contributed by atoms with E-state index < -0.39 is 59.5 Å². The Labute approximate surface area is 250 Å². The van der Waals surface area contributed by atoms with Gasteiger partial charge in [-0.1, -0.05) is 51.1 Å². The van der Waals surface area contributed by atoms with Gasteiger partial charge in [0, 0.05) is 5.54 Å². The van der Waals surface area contributed by atoms with Crippen LogP contribution in [0, 0.1) is 5.41 Å². The van der Waals surface area contributed by atoms with Crippen LogP contribution in [0.15, 0.2) is 30.3 Å². The number of benzene rings is 1. The van der Waals surface area contributed by atoms with Crippen LogP contribution in [-0.2, 0) is 35.1 Å². The van der Waals surface area contributed by atoms with E-state index in [1.807, 2.05) is 65.0 Å². The molecule has 0 heterocycles. The zero-order valence-corrected chi connectivity index (χ0v) is 27.1. The fourth-order valence-electron chi connectivity index (χ4n) is 4.28. The molecule has 0 spiro atoms. The van der Waals surface area contributed by atoms with Gasteiger partial charge in [-0.3, -0.25) is 9.59 Å². The number of esters is 1. The van der Waals surface area contributed by atoms with Crippen LogP contribution in [0.3, 0.4) is 0 Å². The number of carbonyl (C=O) groups excluding carboxylic acids is 4. The first-order chi connectivity index (χ1) is 19.1. The van der Waals surface area contributed by atoms with E-state index in [1.54, 1.807) is 41.5 Å². The zero-order chi connectivity index (χ0) is 32.4. The third kappa shape index (κ3) is 16.8. The van der Waals surface area contributed by atoms with Crippen LogP contribution in [0.4, 0.5) is 9.59 Å². The molecule has 3 amide bonds. The number of hydrogen-bond acceptors (Lipinski definition) is 8. The molecule has 2 atom stereocenters. The van der Waals surface area contributed by atoms with Crippen molar-refractivity contribution in [3.05, 3.63) is 35.9 Å². The summed E-state index contributed by atoms with van der Waals surface area (Å²) in [5, 5.41) is 7.92. The van der Waals surface area contributed by atoms with Crippen molar-refractivity contribution in [3.63, 3.8) is 0 Å². The summed E-state index contributed by atoms with van der Waals surface area (Å²) in [5.41, 5.74) is -1.52. The maximum atomic E-state index is 13.7. The highest BCUT2D eigenvalue weighted by Crippen LogP contribution is 2.27. The lowest BCUT2D eigenvalue weighted by molar-refractivity contribution is -0.159. The number of nitrogens with one attached hydrogen (secondary N) is 3. The second-order valence-electron chi connectivity index (χ2n) is 14.1. The van der Waals surface area contributed by atoms with Crippen molar-refractivity contribution in [2.24, 2.45) is 5.41 Å². The minimum Gasteiger partial charge on any atom is -0.449 e. The van der Waals surface area contributed by atoms with Crippen molar-refractivity contribution in [1.29, 1.82) is 0 Å². The van der Waals surface area contributed by atoms with Gasteiger partial charge in [-0.2, -0.15) is 0 Å². The van der Waals surface area contributed by atoms with Gasteiger partial charge in [0.1, 0.15) is 23.8 Å². The Bertz CT molecular complexity index is 1040. The molecular formula is C31H51N3O8. The molecule has 1 aromatic carbocycles. The van der Waals surface area contributed by atoms with Crippen LogP contribution in [0.25, 0.3) is 0 Å². The normalized spacial score (nSPS) is 13.8. The van der Waals surface area contributed by atoms with Crippen molar-refractivity contribution >= 4 is 24.1 Å². The Kier molecular flexibility index (Phi) is 13.3. The van der Waals surface area contributed by atoms with E-state index in [0.717, 1.165) is 5.56 Å². The topological polar surface area (TPSA) is 141 Å². The Morgan fingerprint density at radius 1 is 0.786 bits per heavy atom. The van der Waals surface area contributed by atoms with E-state index in [9.17, 15) is 19.2 Å². The first-order valence-electron chi connectivity index (χ1n) is 14.1. The predicted molar refractivity (Wildman–Crippen MR) is 160 cm³/mol. The first-order valence-corrected chi connectivity index (χ1v) is 14.1. The highest BCUT2D eigenvalue weighted by molar-refractivity contribution is 5.87. The molecule has 0 bridgehead atoms. The number of ether oxygens (including phenoxy) is 4. The third-order valence-corrected chi connectivity index (χ3v) is 5.20. The number of rotatable bonds is 12. The largest absolute Gasteiger partial charge is 0.449 e. The smallest absolute Gasteiger partial charge is 0.408 e. The molecule has 238 valence electrons. The Morgan fingerprint density at radius 3 is 1.86 bits per heavy atom. The summed E-state index contributed by atoms with van der Waals surface area (Å²) < 4.78 is 22.0. The molecule has 0 aromatic heterocycles. The van der Waals surface area contributed by atoms with Gasteiger partial charge in [0.25, 0.3) is 5.91 Å². The van der Waals surface area contributed by atoms with Gasteiger partial charge in [0.15, 0.2) is 0 Å². The van der Waals surface area contributed by atoms with E-state index in [-0.39, 0.29) is 18.6 Å². The van der Waals surface area contributed by atoms with E-state index in [4.69, 9.17) is 18.9 Å². The number of carbonyl (C=O) groups is 4. The molecule has 3 N–H and O–H groups in total. The van der Waals surface area contributed by atoms with Gasteiger partial charge in [0.2, 0.25) is 6.10 Å². The van der Waals surface area contributed by atoms with Gasteiger partial charge in [0.05, 0.1) is 13.2 Å². The average Bonchev–Trinajstić information content (AvgIpc) is 2.77. The standard InChI is InChI=1S/C31H51N3O8/c1-28(2,3)20-31(10,11)34-25(36)24(40-23(35)17-32-26(37)41-29(4,5)6)22(33-27(38)42-30(7,8)9)19-39-18-21-15-13-12-14-16-21/h12-16,22,24H,17-20H2,1-11H3,(H,32,37)(H,33,38)(H,34,36)/t22-,24?/m0/s1. The van der Waals surface area contributed by atoms with Crippen LogP contribution >= 0.6 is 0 Å². The zero-order valence-electron chi connectivity index (χ0n) is 27.1. The maximum Gasteiger partial charge on any atom is 0.408 e. The van der Waals surface area contributed by atoms with E-state index in [1.165, 1.54) is 0 Å². The summed E-state index contributed by atoms with van der Waals surface area (Å²) >= 11 is 0. The van der Waals surface area contributed by atoms with Gasteiger partial charge >= 0.3 is 18.2 Å². The summed E-state index contributed by atoms with van der Waals surface area (Å²) in [7, 11) is 0. The summed E-state index contributed by atoms with van der Waals surface area (Å²) in [5.74, 6) is -1.55. The van der Waals surface area contributed by atoms with E-state index in [0.29, 0.717) is 6.42 Å². The van der Waals surface area contributed by atoms with Crippen LogP contribution in [0.2, 0.25) is 0 Å². The molecule has 11 heteroatoms. The number of hydrogen-bond donors (Lipinski definition) is 3. The summed E-state index contributed by atoms with van der Waals surface area (Å²) in [6.45, 7) is 19.5. The van der Waals surface area contributed by atoms with Crippen LogP contribution in [0.5, 0.6) is 0 Å². The number of alkyl carbamates (subject to hydrolysis) is 2. The lowest BCUT2D eigenvalue weighted by atomic mass is 9.81. The lowest BCUT2D eigenvalue weighted by Crippen LogP contribution is -2.59. The molecule has 1 rings (SSSR count). The Balaban J connectivity index is 3.25. The van der Waals surface area contributed by atoms with Gasteiger partial charge in [-0.15, -0.1) is 0 Å². The van der Waals surface area contributed by atoms with Crippen LogP contribution in [-0.4, -0.2) is 66.1 Å². The fraction of sp³-hybridized carbons (Fsp3) is 0.677. The second-order valence-corrected chi connectivity index (χ2v) is 14.1. The third-order valence-electron chi connectivity index (χ3n) is 5.20. The SMILES string of the molecule is CC(C)(C)CC(C)(C)NC(=O)C(OC(=O)CNC(=O)OC(C)(C)C)[C@H](COCc1ccccc1)NC(=O)OC(C)(C)C. The van der Waals surface area contributed by atoms with Crippen molar-refractivity contribution in [1.82, 2.24) is 16.0 Å². The molecule has 1 unspecified atom stereocenters. The van der Waals surface area contributed by atoms with E-state index >= 15 is 0 Å². The van der Waals surface area contributed by atoms with Gasteiger partial charge in [-0.25, -0.2) is 9.59 Å². The van der Waals surface area contributed by atoms with Crippen molar-refractivity contribution in [3.8, 4) is 0 Å². The quantitative estimate of drug-likeness (QED) is 0.230. The van der Waals surface area contributed by atoms with Crippen LogP contribution in [0.1, 0.15) is 88.1 Å². The molecule has 0 fully saturated rings. The van der Waals surface area contributed by atoms with Gasteiger partial charge < -0.3 is 34.9 Å².